The molecule has 0 aliphatic heterocycles. The van der Waals surface area contributed by atoms with Crippen LogP contribution < -0.4 is 8.85 Å². The SMILES string of the molecule is CC(C)(C)[Si](C)(C)Oc1ccccc1.CC(C)(C)[Si](C)(C)Oc1ccccc1.[Cu].[Li]. The van der Waals surface area contributed by atoms with Crippen LogP contribution in [0.1, 0.15) is 41.5 Å². The zero-order valence-electron chi connectivity index (χ0n) is 20.9. The van der Waals surface area contributed by atoms with E-state index in [0.717, 1.165) is 11.5 Å². The van der Waals surface area contributed by atoms with Crippen LogP contribution in [0.2, 0.25) is 36.3 Å². The molecule has 0 fully saturated rings. The molecule has 0 bridgehead atoms. The van der Waals surface area contributed by atoms with Gasteiger partial charge in [-0.25, -0.2) is 0 Å². The number of rotatable bonds is 4. The molecule has 0 saturated carbocycles. The van der Waals surface area contributed by atoms with Crippen LogP contribution in [-0.4, -0.2) is 35.5 Å². The van der Waals surface area contributed by atoms with E-state index < -0.39 is 16.6 Å². The minimum Gasteiger partial charge on any atom is -0.544 e. The van der Waals surface area contributed by atoms with Gasteiger partial charge in [0.25, 0.3) is 0 Å². The molecule has 6 heteroatoms. The summed E-state index contributed by atoms with van der Waals surface area (Å²) in [5.74, 6) is 2.00. The van der Waals surface area contributed by atoms with Gasteiger partial charge in [0.05, 0.1) is 0 Å². The van der Waals surface area contributed by atoms with E-state index in [-0.39, 0.29) is 46.0 Å². The van der Waals surface area contributed by atoms with Gasteiger partial charge in [0.1, 0.15) is 11.5 Å². The van der Waals surface area contributed by atoms with Crippen molar-refractivity contribution in [1.82, 2.24) is 0 Å². The summed E-state index contributed by atoms with van der Waals surface area (Å²) in [4.78, 5) is 0. The molecule has 30 heavy (non-hydrogen) atoms. The summed E-state index contributed by atoms with van der Waals surface area (Å²) < 4.78 is 12.2. The van der Waals surface area contributed by atoms with Crippen molar-refractivity contribution >= 4 is 35.5 Å². The van der Waals surface area contributed by atoms with Crippen LogP contribution in [0.4, 0.5) is 0 Å². The molecule has 0 saturated heterocycles. The number of para-hydroxylation sites is 2. The van der Waals surface area contributed by atoms with Crippen LogP contribution in [0.15, 0.2) is 60.7 Å². The third-order valence-electron chi connectivity index (χ3n) is 5.84. The normalized spacial score (nSPS) is 11.8. The topological polar surface area (TPSA) is 18.5 Å². The van der Waals surface area contributed by atoms with Crippen molar-refractivity contribution < 1.29 is 25.9 Å². The Bertz CT molecular complexity index is 646. The van der Waals surface area contributed by atoms with Gasteiger partial charge < -0.3 is 8.85 Å². The van der Waals surface area contributed by atoms with Gasteiger partial charge in [-0.1, -0.05) is 77.9 Å². The average Bonchev–Trinajstić information content (AvgIpc) is 2.54. The summed E-state index contributed by atoms with van der Waals surface area (Å²) in [7, 11) is -3.29. The first kappa shape index (κ1) is 31.8. The van der Waals surface area contributed by atoms with Gasteiger partial charge in [-0.2, -0.15) is 0 Å². The monoisotopic (exact) mass is 486 g/mol. The van der Waals surface area contributed by atoms with E-state index in [1.165, 1.54) is 0 Å². The van der Waals surface area contributed by atoms with E-state index in [9.17, 15) is 0 Å². The van der Waals surface area contributed by atoms with Gasteiger partial charge in [-0.05, 0) is 60.5 Å². The number of hydrogen-bond donors (Lipinski definition) is 0. The van der Waals surface area contributed by atoms with E-state index in [1.807, 2.05) is 60.7 Å². The van der Waals surface area contributed by atoms with Crippen LogP contribution in [0, 0.1) is 0 Å². The first-order chi connectivity index (χ1) is 12.7. The zero-order valence-corrected chi connectivity index (χ0v) is 23.8. The van der Waals surface area contributed by atoms with Crippen molar-refractivity contribution in [2.24, 2.45) is 0 Å². The molecule has 2 radical (unpaired) electrons. The average molecular weight is 487 g/mol. The fourth-order valence-corrected chi connectivity index (χ4v) is 3.94. The van der Waals surface area contributed by atoms with Gasteiger partial charge >= 0.3 is 0 Å². The quantitative estimate of drug-likeness (QED) is 0.411. The molecule has 0 aliphatic carbocycles. The number of hydrogen-bond acceptors (Lipinski definition) is 2. The Balaban J connectivity index is 0. The predicted octanol–water partition coefficient (Wildman–Crippen LogP) is 7.76. The Morgan fingerprint density at radius 3 is 0.967 bits per heavy atom. The third kappa shape index (κ3) is 10.3. The summed E-state index contributed by atoms with van der Waals surface area (Å²) >= 11 is 0. The number of benzene rings is 2. The van der Waals surface area contributed by atoms with Crippen LogP contribution in [0.5, 0.6) is 11.5 Å². The molecule has 2 aromatic carbocycles. The van der Waals surface area contributed by atoms with E-state index >= 15 is 0 Å². The zero-order chi connectivity index (χ0) is 21.6. The summed E-state index contributed by atoms with van der Waals surface area (Å²) in [5.41, 5.74) is 0. The molecule has 2 aromatic rings. The fraction of sp³-hybridized carbons (Fsp3) is 0.500. The molecule has 0 atom stereocenters. The Morgan fingerprint density at radius 1 is 0.533 bits per heavy atom. The van der Waals surface area contributed by atoms with Crippen molar-refractivity contribution in [3.63, 3.8) is 0 Å². The maximum Gasteiger partial charge on any atom is 0.250 e. The van der Waals surface area contributed by atoms with Crippen LogP contribution in [-0.2, 0) is 17.1 Å². The molecule has 0 spiro atoms. The van der Waals surface area contributed by atoms with Gasteiger partial charge in [0.2, 0.25) is 16.6 Å². The molecule has 0 heterocycles. The standard InChI is InChI=1S/2C12H20OSi.Cu.Li/c2*1-12(2,3)14(4,5)13-11-9-7-6-8-10-11;;/h2*6-10H,1-5H3;;. The minimum absolute atomic E-state index is 0. The maximum absolute atomic E-state index is 6.11. The van der Waals surface area contributed by atoms with Gasteiger partial charge in [0, 0.05) is 35.9 Å². The summed E-state index contributed by atoms with van der Waals surface area (Å²) in [6.45, 7) is 22.6. The summed E-state index contributed by atoms with van der Waals surface area (Å²) in [6.07, 6.45) is 0. The van der Waals surface area contributed by atoms with Gasteiger partial charge in [0.15, 0.2) is 0 Å². The van der Waals surface area contributed by atoms with Crippen molar-refractivity contribution in [3.8, 4) is 11.5 Å². The largest absolute Gasteiger partial charge is 0.544 e. The van der Waals surface area contributed by atoms with E-state index in [1.54, 1.807) is 0 Å². The molecule has 0 unspecified atom stereocenters. The first-order valence-electron chi connectivity index (χ1n) is 10.1. The summed E-state index contributed by atoms with van der Waals surface area (Å²) in [6, 6.07) is 20.2. The minimum atomic E-state index is -1.65. The molecular formula is C24H40CuLiO2Si2. The van der Waals surface area contributed by atoms with Crippen molar-refractivity contribution in [2.75, 3.05) is 0 Å². The molecule has 0 aromatic heterocycles. The second-order valence-corrected chi connectivity index (χ2v) is 19.8. The van der Waals surface area contributed by atoms with Gasteiger partial charge in [-0.15, -0.1) is 0 Å². The maximum atomic E-state index is 6.11. The fourth-order valence-electron chi connectivity index (χ4n) is 1.87. The van der Waals surface area contributed by atoms with Crippen molar-refractivity contribution in [2.45, 2.75) is 77.8 Å². The second-order valence-electron chi connectivity index (χ2n) is 10.4. The molecule has 168 valence electrons. The predicted molar refractivity (Wildman–Crippen MR) is 134 cm³/mol. The van der Waals surface area contributed by atoms with Crippen LogP contribution in [0.25, 0.3) is 0 Å². The molecule has 0 amide bonds. The first-order valence-corrected chi connectivity index (χ1v) is 16.0. The van der Waals surface area contributed by atoms with Crippen molar-refractivity contribution in [1.29, 1.82) is 0 Å². The van der Waals surface area contributed by atoms with Crippen molar-refractivity contribution in [3.05, 3.63) is 60.7 Å². The Hall–Kier alpha value is -0.409. The van der Waals surface area contributed by atoms with E-state index in [0.29, 0.717) is 0 Å². The molecule has 2 rings (SSSR count). The Kier molecular flexibility index (Phi) is 13.3. The smallest absolute Gasteiger partial charge is 0.250 e. The Labute approximate surface area is 210 Å². The molecule has 0 aliphatic rings. The van der Waals surface area contributed by atoms with Gasteiger partial charge in [-0.3, -0.25) is 0 Å². The molecular weight excluding hydrogens is 447 g/mol. The third-order valence-corrected chi connectivity index (χ3v) is 14.6. The van der Waals surface area contributed by atoms with Crippen LogP contribution >= 0.6 is 0 Å². The van der Waals surface area contributed by atoms with Crippen LogP contribution in [0.3, 0.4) is 0 Å². The summed E-state index contributed by atoms with van der Waals surface area (Å²) in [5, 5.41) is 0.533. The molecule has 0 N–H and O–H groups in total. The molecule has 2 nitrogen and oxygen atoms in total. The Morgan fingerprint density at radius 2 is 0.767 bits per heavy atom. The second kappa shape index (κ2) is 12.6. The van der Waals surface area contributed by atoms with E-state index in [4.69, 9.17) is 8.85 Å². The van der Waals surface area contributed by atoms with E-state index in [2.05, 4.69) is 67.7 Å².